The smallest absolute Gasteiger partial charge is 0.292 e. The van der Waals surface area contributed by atoms with Crippen molar-refractivity contribution >= 4 is 34.1 Å². The molecule has 0 aliphatic carbocycles. The first-order valence-electron chi connectivity index (χ1n) is 10.4. The lowest BCUT2D eigenvalue weighted by atomic mass is 10.0. The van der Waals surface area contributed by atoms with E-state index in [2.05, 4.69) is 14.8 Å². The first-order valence-corrected chi connectivity index (χ1v) is 10.8. The van der Waals surface area contributed by atoms with E-state index < -0.39 is 22.8 Å². The lowest BCUT2D eigenvalue weighted by molar-refractivity contribution is 0.483. The van der Waals surface area contributed by atoms with E-state index in [0.717, 1.165) is 5.56 Å². The number of halogens is 2. The van der Waals surface area contributed by atoms with Crippen LogP contribution in [-0.4, -0.2) is 33.7 Å². The number of nitrogens with zero attached hydrogens (tertiary/aromatic N) is 5. The zero-order chi connectivity index (χ0) is 24.7. The fourth-order valence-electron chi connectivity index (χ4n) is 3.88. The molecule has 0 saturated heterocycles. The van der Waals surface area contributed by atoms with Gasteiger partial charge < -0.3 is 10.0 Å². The number of aromatic hydroxyl groups is 1. The number of benzene rings is 1. The molecule has 0 radical (unpaired) electrons. The number of hydrogen-bond donors (Lipinski definition) is 1. The Kier molecular flexibility index (Phi) is 5.98. The number of fused-ring (bicyclic) bond motifs is 1. The van der Waals surface area contributed by atoms with Crippen LogP contribution in [-0.2, 0) is 0 Å². The lowest BCUT2D eigenvalue weighted by Gasteiger charge is -2.23. The van der Waals surface area contributed by atoms with Crippen molar-refractivity contribution < 1.29 is 9.50 Å². The van der Waals surface area contributed by atoms with E-state index in [1.54, 1.807) is 43.4 Å². The van der Waals surface area contributed by atoms with Crippen LogP contribution in [0.5, 0.6) is 5.75 Å². The molecule has 0 unspecified atom stereocenters. The van der Waals surface area contributed by atoms with Crippen LogP contribution in [0.15, 0.2) is 47.4 Å². The van der Waals surface area contributed by atoms with Crippen molar-refractivity contribution in [3.8, 4) is 22.7 Å². The van der Waals surface area contributed by atoms with Gasteiger partial charge in [-0.3, -0.25) is 9.36 Å². The summed E-state index contributed by atoms with van der Waals surface area (Å²) in [7, 11) is 3.57. The quantitative estimate of drug-likeness (QED) is 0.382. The zero-order valence-electron chi connectivity index (χ0n) is 19.0. The van der Waals surface area contributed by atoms with Crippen LogP contribution in [0.1, 0.15) is 25.3 Å². The van der Waals surface area contributed by atoms with Gasteiger partial charge >= 0.3 is 0 Å². The number of rotatable bonds is 4. The summed E-state index contributed by atoms with van der Waals surface area (Å²) < 4.78 is 15.9. The van der Waals surface area contributed by atoms with E-state index in [-0.39, 0.29) is 33.2 Å². The van der Waals surface area contributed by atoms with Crippen molar-refractivity contribution in [1.82, 2.24) is 14.5 Å². The van der Waals surface area contributed by atoms with Gasteiger partial charge in [0.1, 0.15) is 17.2 Å². The molecule has 7 nitrogen and oxygen atoms in total. The standard InChI is InChI=1S/C25H21ClFN5O2/c1-13(2)14-10-11-29-24(31(4)5)21(14)32-23-16(22(33)20(28-3)25(32)34)12-17(26)19(30-23)15-8-6-7-9-18(15)27/h6-13,33H,1-2,4-5H3. The fourth-order valence-corrected chi connectivity index (χ4v) is 4.14. The minimum Gasteiger partial charge on any atom is -0.518 e. The van der Waals surface area contributed by atoms with E-state index in [9.17, 15) is 14.3 Å². The van der Waals surface area contributed by atoms with Crippen LogP contribution in [0, 0.1) is 12.4 Å². The summed E-state index contributed by atoms with van der Waals surface area (Å²) in [6.45, 7) is 11.5. The number of hydrogen-bond acceptors (Lipinski definition) is 5. The second-order valence-electron chi connectivity index (χ2n) is 8.24. The number of pyridine rings is 3. The Hall–Kier alpha value is -3.96. The summed E-state index contributed by atoms with van der Waals surface area (Å²) in [6, 6.07) is 9.20. The highest BCUT2D eigenvalue weighted by Gasteiger charge is 2.26. The minimum absolute atomic E-state index is 0.0119. The molecule has 172 valence electrons. The van der Waals surface area contributed by atoms with Gasteiger partial charge in [-0.15, -0.1) is 0 Å². The minimum atomic E-state index is -0.757. The first kappa shape index (κ1) is 23.2. The van der Waals surface area contributed by atoms with Crippen LogP contribution in [0.2, 0.25) is 5.02 Å². The Morgan fingerprint density at radius 3 is 2.56 bits per heavy atom. The van der Waals surface area contributed by atoms with E-state index in [1.165, 1.54) is 22.8 Å². The topological polar surface area (TPSA) is 75.6 Å². The van der Waals surface area contributed by atoms with Crippen LogP contribution in [0.3, 0.4) is 0 Å². The average molecular weight is 478 g/mol. The fraction of sp³-hybridized carbons (Fsp3) is 0.200. The monoisotopic (exact) mass is 477 g/mol. The molecule has 0 aliphatic rings. The molecule has 0 amide bonds. The van der Waals surface area contributed by atoms with Gasteiger partial charge in [0, 0.05) is 25.9 Å². The van der Waals surface area contributed by atoms with E-state index in [0.29, 0.717) is 11.5 Å². The van der Waals surface area contributed by atoms with Gasteiger partial charge in [0.2, 0.25) is 0 Å². The Morgan fingerprint density at radius 2 is 1.94 bits per heavy atom. The molecular weight excluding hydrogens is 457 g/mol. The van der Waals surface area contributed by atoms with Crippen molar-refractivity contribution in [2.75, 3.05) is 19.0 Å². The van der Waals surface area contributed by atoms with Crippen molar-refractivity contribution in [3.05, 3.63) is 80.8 Å². The molecule has 0 spiro atoms. The molecule has 4 rings (SSSR count). The summed E-state index contributed by atoms with van der Waals surface area (Å²) in [5.41, 5.74) is 0.279. The number of anilines is 1. The molecule has 3 heterocycles. The maximum absolute atomic E-state index is 14.6. The molecule has 0 fully saturated rings. The summed E-state index contributed by atoms with van der Waals surface area (Å²) in [5.74, 6) is -0.602. The Balaban J connectivity index is 2.26. The zero-order valence-corrected chi connectivity index (χ0v) is 19.7. The van der Waals surface area contributed by atoms with Gasteiger partial charge in [-0.25, -0.2) is 19.2 Å². The van der Waals surface area contributed by atoms with Gasteiger partial charge in [0.05, 0.1) is 28.4 Å². The van der Waals surface area contributed by atoms with Crippen molar-refractivity contribution in [2.45, 2.75) is 19.8 Å². The third kappa shape index (κ3) is 3.64. The van der Waals surface area contributed by atoms with Crippen molar-refractivity contribution in [3.63, 3.8) is 0 Å². The average Bonchev–Trinajstić information content (AvgIpc) is 2.80. The van der Waals surface area contributed by atoms with Crippen molar-refractivity contribution in [2.24, 2.45) is 0 Å². The predicted molar refractivity (Wildman–Crippen MR) is 132 cm³/mol. The van der Waals surface area contributed by atoms with Crippen molar-refractivity contribution in [1.29, 1.82) is 0 Å². The highest BCUT2D eigenvalue weighted by molar-refractivity contribution is 6.33. The SMILES string of the molecule is [C-]#[N+]c1c(O)c2cc(Cl)c(-c3ccccc3F)nc2n(-c2c(C(C)C)ccnc2N(C)C)c1=O. The molecule has 9 heteroatoms. The maximum atomic E-state index is 14.6. The lowest BCUT2D eigenvalue weighted by Crippen LogP contribution is -2.25. The largest absolute Gasteiger partial charge is 0.518 e. The second kappa shape index (κ2) is 8.76. The highest BCUT2D eigenvalue weighted by Crippen LogP contribution is 2.39. The van der Waals surface area contributed by atoms with Gasteiger partial charge in [-0.1, -0.05) is 37.6 Å². The summed E-state index contributed by atoms with van der Waals surface area (Å²) in [4.78, 5) is 27.6. The van der Waals surface area contributed by atoms with Crippen LogP contribution >= 0.6 is 11.6 Å². The summed E-state index contributed by atoms with van der Waals surface area (Å²) in [6.07, 6.45) is 1.65. The Bertz CT molecular complexity index is 1510. The summed E-state index contributed by atoms with van der Waals surface area (Å²) >= 11 is 6.45. The van der Waals surface area contributed by atoms with Gasteiger partial charge in [-0.05, 0) is 35.7 Å². The van der Waals surface area contributed by atoms with Gasteiger partial charge in [-0.2, -0.15) is 0 Å². The van der Waals surface area contributed by atoms with Crippen LogP contribution in [0.25, 0.3) is 32.8 Å². The Labute approximate surface area is 200 Å². The molecule has 34 heavy (non-hydrogen) atoms. The predicted octanol–water partition coefficient (Wildman–Crippen LogP) is 5.69. The molecule has 3 aromatic heterocycles. The summed E-state index contributed by atoms with van der Waals surface area (Å²) in [5, 5.41) is 10.9. The third-order valence-corrected chi connectivity index (χ3v) is 5.79. The molecule has 4 aromatic rings. The van der Waals surface area contributed by atoms with Crippen LogP contribution in [0.4, 0.5) is 15.9 Å². The Morgan fingerprint density at radius 1 is 1.24 bits per heavy atom. The molecule has 0 bridgehead atoms. The molecule has 0 aliphatic heterocycles. The second-order valence-corrected chi connectivity index (χ2v) is 8.65. The molecule has 1 N–H and O–H groups in total. The maximum Gasteiger partial charge on any atom is 0.292 e. The molecule has 0 saturated carbocycles. The third-order valence-electron chi connectivity index (χ3n) is 5.50. The highest BCUT2D eigenvalue weighted by atomic mass is 35.5. The first-order chi connectivity index (χ1) is 16.2. The van der Waals surface area contributed by atoms with E-state index >= 15 is 0 Å². The van der Waals surface area contributed by atoms with Gasteiger partial charge in [0.25, 0.3) is 11.2 Å². The van der Waals surface area contributed by atoms with Gasteiger partial charge in [0.15, 0.2) is 5.82 Å². The number of aromatic nitrogens is 3. The van der Waals surface area contributed by atoms with E-state index in [1.807, 2.05) is 13.8 Å². The van der Waals surface area contributed by atoms with E-state index in [4.69, 9.17) is 18.2 Å². The normalized spacial score (nSPS) is 11.1. The van der Waals surface area contributed by atoms with Crippen LogP contribution < -0.4 is 10.5 Å². The molecular formula is C25H21ClFN5O2. The molecule has 1 aromatic carbocycles. The molecule has 0 atom stereocenters.